The SMILES string of the molecule is CC(CCCN)CN1CCSCC1C. The van der Waals surface area contributed by atoms with Crippen molar-refractivity contribution in [3.8, 4) is 0 Å². The van der Waals surface area contributed by atoms with Crippen molar-refractivity contribution in [2.24, 2.45) is 11.7 Å². The first-order chi connectivity index (χ1) is 6.74. The Morgan fingerprint density at radius 1 is 1.57 bits per heavy atom. The summed E-state index contributed by atoms with van der Waals surface area (Å²) < 4.78 is 0. The molecule has 3 heteroatoms. The van der Waals surface area contributed by atoms with Gasteiger partial charge in [0.05, 0.1) is 0 Å². The molecule has 0 saturated carbocycles. The second-order valence-electron chi connectivity index (χ2n) is 4.45. The Bertz CT molecular complexity index is 152. The zero-order valence-corrected chi connectivity index (χ0v) is 10.4. The lowest BCUT2D eigenvalue weighted by Crippen LogP contribution is -2.42. The van der Waals surface area contributed by atoms with Crippen LogP contribution in [0.5, 0.6) is 0 Å². The second-order valence-corrected chi connectivity index (χ2v) is 5.60. The lowest BCUT2D eigenvalue weighted by Gasteiger charge is -2.34. The molecule has 1 saturated heterocycles. The zero-order chi connectivity index (χ0) is 10.4. The Balaban J connectivity index is 2.20. The fourth-order valence-electron chi connectivity index (χ4n) is 1.99. The number of hydrogen-bond acceptors (Lipinski definition) is 3. The third-order valence-electron chi connectivity index (χ3n) is 2.95. The molecular formula is C11H24N2S. The first kappa shape index (κ1) is 12.3. The van der Waals surface area contributed by atoms with E-state index < -0.39 is 0 Å². The van der Waals surface area contributed by atoms with E-state index in [0.717, 1.165) is 18.5 Å². The summed E-state index contributed by atoms with van der Waals surface area (Å²) >= 11 is 2.09. The predicted molar refractivity (Wildman–Crippen MR) is 65.8 cm³/mol. The minimum Gasteiger partial charge on any atom is -0.330 e. The molecule has 1 heterocycles. The number of rotatable bonds is 5. The van der Waals surface area contributed by atoms with E-state index >= 15 is 0 Å². The lowest BCUT2D eigenvalue weighted by atomic mass is 10.0. The molecule has 2 N–H and O–H groups in total. The van der Waals surface area contributed by atoms with E-state index in [4.69, 9.17) is 5.73 Å². The molecule has 1 aliphatic rings. The maximum atomic E-state index is 5.52. The van der Waals surface area contributed by atoms with E-state index in [-0.39, 0.29) is 0 Å². The largest absolute Gasteiger partial charge is 0.330 e. The molecule has 1 fully saturated rings. The van der Waals surface area contributed by atoms with Crippen LogP contribution in [0.25, 0.3) is 0 Å². The minimum absolute atomic E-state index is 0.772. The Morgan fingerprint density at radius 2 is 2.36 bits per heavy atom. The van der Waals surface area contributed by atoms with Crippen LogP contribution < -0.4 is 5.73 Å². The Morgan fingerprint density at radius 3 is 3.00 bits per heavy atom. The monoisotopic (exact) mass is 216 g/mol. The van der Waals surface area contributed by atoms with Crippen molar-refractivity contribution < 1.29 is 0 Å². The van der Waals surface area contributed by atoms with Crippen LogP contribution in [-0.2, 0) is 0 Å². The first-order valence-electron chi connectivity index (χ1n) is 5.76. The predicted octanol–water partition coefficient (Wildman–Crippen LogP) is 1.80. The van der Waals surface area contributed by atoms with Crippen LogP contribution in [0.3, 0.4) is 0 Å². The van der Waals surface area contributed by atoms with E-state index in [2.05, 4.69) is 30.5 Å². The number of hydrogen-bond donors (Lipinski definition) is 1. The van der Waals surface area contributed by atoms with E-state index in [1.54, 1.807) is 0 Å². The van der Waals surface area contributed by atoms with E-state index in [0.29, 0.717) is 0 Å². The highest BCUT2D eigenvalue weighted by Crippen LogP contribution is 2.18. The van der Waals surface area contributed by atoms with Crippen molar-refractivity contribution >= 4 is 11.8 Å². The van der Waals surface area contributed by atoms with Crippen LogP contribution in [0.2, 0.25) is 0 Å². The second kappa shape index (κ2) is 6.70. The van der Waals surface area contributed by atoms with Gasteiger partial charge >= 0.3 is 0 Å². The van der Waals surface area contributed by atoms with Gasteiger partial charge in [-0.2, -0.15) is 11.8 Å². The van der Waals surface area contributed by atoms with E-state index in [9.17, 15) is 0 Å². The van der Waals surface area contributed by atoms with Gasteiger partial charge in [0.25, 0.3) is 0 Å². The molecule has 2 atom stereocenters. The summed E-state index contributed by atoms with van der Waals surface area (Å²) in [5.41, 5.74) is 5.52. The van der Waals surface area contributed by atoms with Crippen molar-refractivity contribution in [2.75, 3.05) is 31.1 Å². The summed E-state index contributed by atoms with van der Waals surface area (Å²) in [7, 11) is 0. The van der Waals surface area contributed by atoms with Crippen LogP contribution >= 0.6 is 11.8 Å². The van der Waals surface area contributed by atoms with Gasteiger partial charge in [0.2, 0.25) is 0 Å². The summed E-state index contributed by atoms with van der Waals surface area (Å²) in [5, 5.41) is 0. The molecule has 0 aromatic carbocycles. The fourth-order valence-corrected chi connectivity index (χ4v) is 3.07. The molecule has 0 aromatic rings. The average molecular weight is 216 g/mol. The number of nitrogens with zero attached hydrogens (tertiary/aromatic N) is 1. The summed E-state index contributed by atoms with van der Waals surface area (Å²) in [4.78, 5) is 2.64. The Labute approximate surface area is 92.6 Å². The van der Waals surface area contributed by atoms with E-state index in [1.807, 2.05) is 0 Å². The molecule has 1 aliphatic heterocycles. The van der Waals surface area contributed by atoms with Crippen LogP contribution in [-0.4, -0.2) is 42.1 Å². The van der Waals surface area contributed by atoms with Crippen LogP contribution in [0.15, 0.2) is 0 Å². The van der Waals surface area contributed by atoms with Gasteiger partial charge < -0.3 is 5.73 Å². The summed E-state index contributed by atoms with van der Waals surface area (Å²) in [6, 6.07) is 0.772. The lowest BCUT2D eigenvalue weighted by molar-refractivity contribution is 0.196. The van der Waals surface area contributed by atoms with Gasteiger partial charge in [0.15, 0.2) is 0 Å². The normalized spacial score (nSPS) is 26.4. The average Bonchev–Trinajstić information content (AvgIpc) is 2.18. The molecule has 1 rings (SSSR count). The quantitative estimate of drug-likeness (QED) is 0.760. The molecule has 0 aliphatic carbocycles. The van der Waals surface area contributed by atoms with Gasteiger partial charge in [-0.15, -0.1) is 0 Å². The van der Waals surface area contributed by atoms with Crippen LogP contribution in [0, 0.1) is 5.92 Å². The highest BCUT2D eigenvalue weighted by Gasteiger charge is 2.19. The third-order valence-corrected chi connectivity index (χ3v) is 4.14. The van der Waals surface area contributed by atoms with Gasteiger partial charge in [-0.1, -0.05) is 6.92 Å². The Kier molecular flexibility index (Phi) is 5.90. The van der Waals surface area contributed by atoms with Crippen LogP contribution in [0.4, 0.5) is 0 Å². The van der Waals surface area contributed by atoms with E-state index in [1.165, 1.54) is 37.4 Å². The van der Waals surface area contributed by atoms with Crippen molar-refractivity contribution in [1.82, 2.24) is 4.90 Å². The van der Waals surface area contributed by atoms with Crippen molar-refractivity contribution in [3.63, 3.8) is 0 Å². The highest BCUT2D eigenvalue weighted by atomic mass is 32.2. The van der Waals surface area contributed by atoms with Gasteiger partial charge in [0.1, 0.15) is 0 Å². The smallest absolute Gasteiger partial charge is 0.0158 e. The van der Waals surface area contributed by atoms with Gasteiger partial charge in [-0.3, -0.25) is 4.90 Å². The molecule has 0 bridgehead atoms. The highest BCUT2D eigenvalue weighted by molar-refractivity contribution is 7.99. The van der Waals surface area contributed by atoms with Gasteiger partial charge in [-0.05, 0) is 32.2 Å². The number of nitrogens with two attached hydrogens (primary N) is 1. The Hall–Kier alpha value is 0.270. The summed E-state index contributed by atoms with van der Waals surface area (Å²) in [6.07, 6.45) is 2.46. The van der Waals surface area contributed by atoms with Crippen molar-refractivity contribution in [2.45, 2.75) is 32.7 Å². The standard InChI is InChI=1S/C11H24N2S/c1-10(4-3-5-12)8-13-6-7-14-9-11(13)2/h10-11H,3-9,12H2,1-2H3. The maximum Gasteiger partial charge on any atom is 0.0158 e. The molecule has 2 nitrogen and oxygen atoms in total. The molecular weight excluding hydrogens is 192 g/mol. The topological polar surface area (TPSA) is 29.3 Å². The van der Waals surface area contributed by atoms with Crippen LogP contribution in [0.1, 0.15) is 26.7 Å². The first-order valence-corrected chi connectivity index (χ1v) is 6.91. The van der Waals surface area contributed by atoms with Crippen molar-refractivity contribution in [1.29, 1.82) is 0 Å². The molecule has 14 heavy (non-hydrogen) atoms. The molecule has 84 valence electrons. The minimum atomic E-state index is 0.772. The van der Waals surface area contributed by atoms with Crippen molar-refractivity contribution in [3.05, 3.63) is 0 Å². The third kappa shape index (κ3) is 4.20. The van der Waals surface area contributed by atoms with Gasteiger partial charge in [0, 0.05) is 30.6 Å². The maximum absolute atomic E-state index is 5.52. The molecule has 0 spiro atoms. The molecule has 0 radical (unpaired) electrons. The molecule has 2 unspecified atom stereocenters. The number of thioether (sulfide) groups is 1. The fraction of sp³-hybridized carbons (Fsp3) is 1.00. The zero-order valence-electron chi connectivity index (χ0n) is 9.54. The summed E-state index contributed by atoms with van der Waals surface area (Å²) in [6.45, 7) is 8.09. The molecule has 0 aromatic heterocycles. The van der Waals surface area contributed by atoms with Gasteiger partial charge in [-0.25, -0.2) is 0 Å². The molecule has 0 amide bonds. The summed E-state index contributed by atoms with van der Waals surface area (Å²) in [5.74, 6) is 3.43.